The summed E-state index contributed by atoms with van der Waals surface area (Å²) in [7, 11) is 1.64. The minimum atomic E-state index is -0.473. The van der Waals surface area contributed by atoms with E-state index in [0.29, 0.717) is 6.54 Å². The molecule has 0 saturated heterocycles. The van der Waals surface area contributed by atoms with E-state index in [2.05, 4.69) is 10.3 Å². The van der Waals surface area contributed by atoms with Crippen molar-refractivity contribution in [2.45, 2.75) is 33.4 Å². The lowest BCUT2D eigenvalue weighted by molar-refractivity contribution is -0.129. The van der Waals surface area contributed by atoms with Crippen molar-refractivity contribution in [3.63, 3.8) is 0 Å². The molecule has 1 atom stereocenters. The quantitative estimate of drug-likeness (QED) is 0.789. The van der Waals surface area contributed by atoms with Gasteiger partial charge in [0.2, 0.25) is 5.91 Å². The Balaban J connectivity index is 2.88. The van der Waals surface area contributed by atoms with E-state index >= 15 is 0 Å². The molecule has 0 spiro atoms. The van der Waals surface area contributed by atoms with Crippen LogP contribution in [-0.4, -0.2) is 22.5 Å². The second-order valence-corrected chi connectivity index (χ2v) is 4.70. The van der Waals surface area contributed by atoms with Gasteiger partial charge in [0, 0.05) is 25.8 Å². The van der Waals surface area contributed by atoms with Crippen LogP contribution in [0.2, 0.25) is 0 Å². The summed E-state index contributed by atoms with van der Waals surface area (Å²) < 4.78 is 1.93. The van der Waals surface area contributed by atoms with Crippen molar-refractivity contribution in [1.29, 1.82) is 0 Å². The Morgan fingerprint density at radius 1 is 1.69 bits per heavy atom. The largest absolute Gasteiger partial charge is 0.359 e. The molecule has 3 N–H and O–H groups in total. The Labute approximate surface area is 96.0 Å². The Morgan fingerprint density at radius 2 is 2.31 bits per heavy atom. The van der Waals surface area contributed by atoms with E-state index in [1.165, 1.54) is 0 Å². The third-order valence-corrected chi connectivity index (χ3v) is 2.62. The highest BCUT2D eigenvalue weighted by atomic mass is 16.2. The van der Waals surface area contributed by atoms with Crippen molar-refractivity contribution in [3.8, 4) is 0 Å². The molecule has 16 heavy (non-hydrogen) atoms. The second-order valence-electron chi connectivity index (χ2n) is 4.70. The first-order valence-electron chi connectivity index (χ1n) is 5.36. The van der Waals surface area contributed by atoms with E-state index in [1.54, 1.807) is 19.6 Å². The standard InChI is InChI=1S/C11H20N4O/c1-8(12)9-5-14-7-15(9)6-11(2,3)10(16)13-4/h5,7-8H,6,12H2,1-4H3,(H,13,16)/t8-/m0/s1. The van der Waals surface area contributed by atoms with Crippen LogP contribution in [-0.2, 0) is 11.3 Å². The molecule has 0 unspecified atom stereocenters. The monoisotopic (exact) mass is 224 g/mol. The maximum atomic E-state index is 11.7. The molecule has 90 valence electrons. The molecule has 1 amide bonds. The van der Waals surface area contributed by atoms with Crippen LogP contribution in [0.15, 0.2) is 12.5 Å². The zero-order chi connectivity index (χ0) is 12.3. The number of hydrogen-bond acceptors (Lipinski definition) is 3. The number of hydrogen-bond donors (Lipinski definition) is 2. The molecule has 0 aliphatic heterocycles. The molecular weight excluding hydrogens is 204 g/mol. The highest BCUT2D eigenvalue weighted by Gasteiger charge is 2.28. The zero-order valence-electron chi connectivity index (χ0n) is 10.3. The number of carbonyl (C=O) groups excluding carboxylic acids is 1. The first kappa shape index (κ1) is 12.7. The van der Waals surface area contributed by atoms with Crippen molar-refractivity contribution in [2.24, 2.45) is 11.1 Å². The van der Waals surface area contributed by atoms with Gasteiger partial charge in [-0.15, -0.1) is 0 Å². The van der Waals surface area contributed by atoms with Gasteiger partial charge in [-0.1, -0.05) is 0 Å². The summed E-state index contributed by atoms with van der Waals surface area (Å²) in [5.41, 5.74) is 6.29. The predicted molar refractivity (Wildman–Crippen MR) is 62.7 cm³/mol. The molecule has 0 aliphatic rings. The van der Waals surface area contributed by atoms with Crippen LogP contribution >= 0.6 is 0 Å². The van der Waals surface area contributed by atoms with Crippen LogP contribution in [0.25, 0.3) is 0 Å². The Hall–Kier alpha value is -1.36. The summed E-state index contributed by atoms with van der Waals surface area (Å²) in [6.45, 7) is 6.28. The average molecular weight is 224 g/mol. The van der Waals surface area contributed by atoms with E-state index in [9.17, 15) is 4.79 Å². The molecule has 1 rings (SSSR count). The van der Waals surface area contributed by atoms with Crippen LogP contribution in [0.1, 0.15) is 32.5 Å². The Bertz CT molecular complexity index is 368. The van der Waals surface area contributed by atoms with Crippen molar-refractivity contribution in [3.05, 3.63) is 18.2 Å². The molecule has 0 aliphatic carbocycles. The number of nitrogens with one attached hydrogen (secondary N) is 1. The molecule has 1 heterocycles. The van der Waals surface area contributed by atoms with Gasteiger partial charge in [0.1, 0.15) is 0 Å². The molecule has 0 aromatic carbocycles. The molecule has 0 saturated carbocycles. The summed E-state index contributed by atoms with van der Waals surface area (Å²) in [6, 6.07) is -0.0806. The Kier molecular flexibility index (Phi) is 3.70. The van der Waals surface area contributed by atoms with Gasteiger partial charge in [0.15, 0.2) is 0 Å². The maximum absolute atomic E-state index is 11.7. The highest BCUT2D eigenvalue weighted by molar-refractivity contribution is 5.81. The number of carbonyl (C=O) groups is 1. The van der Waals surface area contributed by atoms with Crippen LogP contribution in [0, 0.1) is 5.41 Å². The van der Waals surface area contributed by atoms with Crippen molar-refractivity contribution >= 4 is 5.91 Å². The number of aromatic nitrogens is 2. The van der Waals surface area contributed by atoms with Gasteiger partial charge in [0.25, 0.3) is 0 Å². The second kappa shape index (κ2) is 4.65. The minimum absolute atomic E-state index is 0.0109. The molecule has 5 nitrogen and oxygen atoms in total. The maximum Gasteiger partial charge on any atom is 0.227 e. The fourth-order valence-corrected chi connectivity index (χ4v) is 1.68. The van der Waals surface area contributed by atoms with Gasteiger partial charge in [-0.3, -0.25) is 4.79 Å². The first-order valence-corrected chi connectivity index (χ1v) is 5.36. The predicted octanol–water partition coefficient (Wildman–Crippen LogP) is 0.675. The van der Waals surface area contributed by atoms with Gasteiger partial charge in [0.05, 0.1) is 17.4 Å². The number of amides is 1. The SMILES string of the molecule is CNC(=O)C(C)(C)Cn1cncc1[C@H](C)N. The fourth-order valence-electron chi connectivity index (χ4n) is 1.68. The van der Waals surface area contributed by atoms with E-state index in [0.717, 1.165) is 5.69 Å². The lowest BCUT2D eigenvalue weighted by Crippen LogP contribution is -2.38. The molecule has 1 aromatic heterocycles. The topological polar surface area (TPSA) is 72.9 Å². The fraction of sp³-hybridized carbons (Fsp3) is 0.636. The van der Waals surface area contributed by atoms with E-state index in [-0.39, 0.29) is 11.9 Å². The summed E-state index contributed by atoms with van der Waals surface area (Å²) >= 11 is 0. The molecule has 5 heteroatoms. The van der Waals surface area contributed by atoms with Gasteiger partial charge in [-0.25, -0.2) is 4.98 Å². The number of rotatable bonds is 4. The minimum Gasteiger partial charge on any atom is -0.359 e. The molecule has 0 radical (unpaired) electrons. The summed E-state index contributed by atoms with van der Waals surface area (Å²) in [5.74, 6) is 0.0109. The highest BCUT2D eigenvalue weighted by Crippen LogP contribution is 2.20. The normalized spacial score (nSPS) is 13.6. The number of nitrogens with two attached hydrogens (primary N) is 1. The van der Waals surface area contributed by atoms with Crippen LogP contribution in [0.4, 0.5) is 0 Å². The van der Waals surface area contributed by atoms with Crippen molar-refractivity contribution < 1.29 is 4.79 Å². The number of nitrogens with zero attached hydrogens (tertiary/aromatic N) is 2. The molecular formula is C11H20N4O. The van der Waals surface area contributed by atoms with Gasteiger partial charge in [-0.05, 0) is 20.8 Å². The first-order chi connectivity index (χ1) is 7.38. The smallest absolute Gasteiger partial charge is 0.227 e. The van der Waals surface area contributed by atoms with Crippen molar-refractivity contribution in [2.75, 3.05) is 7.05 Å². The number of imidazole rings is 1. The third kappa shape index (κ3) is 2.61. The van der Waals surface area contributed by atoms with Crippen molar-refractivity contribution in [1.82, 2.24) is 14.9 Å². The van der Waals surface area contributed by atoms with E-state index in [4.69, 9.17) is 5.73 Å². The average Bonchev–Trinajstić information content (AvgIpc) is 2.63. The molecule has 0 bridgehead atoms. The summed E-state index contributed by atoms with van der Waals surface area (Å²) in [4.78, 5) is 15.7. The van der Waals surface area contributed by atoms with Gasteiger partial charge in [-0.2, -0.15) is 0 Å². The lowest BCUT2D eigenvalue weighted by atomic mass is 9.92. The van der Waals surface area contributed by atoms with E-state index in [1.807, 2.05) is 25.3 Å². The summed E-state index contributed by atoms with van der Waals surface area (Å²) in [6.07, 6.45) is 3.45. The lowest BCUT2D eigenvalue weighted by Gasteiger charge is -2.24. The zero-order valence-corrected chi connectivity index (χ0v) is 10.3. The molecule has 0 fully saturated rings. The Morgan fingerprint density at radius 3 is 2.81 bits per heavy atom. The molecule has 1 aromatic rings. The van der Waals surface area contributed by atoms with Gasteiger partial charge >= 0.3 is 0 Å². The summed E-state index contributed by atoms with van der Waals surface area (Å²) in [5, 5.41) is 2.66. The van der Waals surface area contributed by atoms with Crippen LogP contribution in [0.5, 0.6) is 0 Å². The third-order valence-electron chi connectivity index (χ3n) is 2.62. The van der Waals surface area contributed by atoms with E-state index < -0.39 is 5.41 Å². The van der Waals surface area contributed by atoms with Crippen LogP contribution < -0.4 is 11.1 Å². The van der Waals surface area contributed by atoms with Gasteiger partial charge < -0.3 is 15.6 Å². The van der Waals surface area contributed by atoms with Crippen LogP contribution in [0.3, 0.4) is 0 Å².